The van der Waals surface area contributed by atoms with Crippen LogP contribution in [-0.2, 0) is 16.6 Å². The molecular weight excluding hydrogens is 361 g/mol. The minimum Gasteiger partial charge on any atom is -0.348 e. The quantitative estimate of drug-likeness (QED) is 0.816. The summed E-state index contributed by atoms with van der Waals surface area (Å²) in [7, 11) is -1.13. The lowest BCUT2D eigenvalue weighted by molar-refractivity contribution is 0.0946. The van der Waals surface area contributed by atoms with Crippen molar-refractivity contribution in [3.63, 3.8) is 0 Å². The van der Waals surface area contributed by atoms with Gasteiger partial charge in [-0.25, -0.2) is 17.1 Å². The Morgan fingerprint density at radius 2 is 1.88 bits per heavy atom. The molecule has 0 spiro atoms. The molecule has 0 aliphatic rings. The molecule has 9 heteroatoms. The number of rotatable bonds is 5. The SMILES string of the molecule is Cc1cc(C)c(CNC(=O)c2cc(S(=O)(=O)N(C)C)ccc2F)c(=O)[nH]1. The Balaban J connectivity index is 2.30. The summed E-state index contributed by atoms with van der Waals surface area (Å²) < 4.78 is 39.3. The van der Waals surface area contributed by atoms with Crippen molar-refractivity contribution in [3.8, 4) is 0 Å². The fraction of sp³-hybridized carbons (Fsp3) is 0.294. The number of benzene rings is 1. The van der Waals surface area contributed by atoms with Gasteiger partial charge in [-0.05, 0) is 43.7 Å². The number of halogens is 1. The van der Waals surface area contributed by atoms with Crippen molar-refractivity contribution in [1.82, 2.24) is 14.6 Å². The van der Waals surface area contributed by atoms with Crippen molar-refractivity contribution < 1.29 is 17.6 Å². The molecule has 0 saturated carbocycles. The van der Waals surface area contributed by atoms with E-state index in [9.17, 15) is 22.4 Å². The number of hydrogen-bond donors (Lipinski definition) is 2. The maximum absolute atomic E-state index is 14.0. The van der Waals surface area contributed by atoms with Crippen molar-refractivity contribution in [2.24, 2.45) is 0 Å². The van der Waals surface area contributed by atoms with Crippen molar-refractivity contribution in [1.29, 1.82) is 0 Å². The molecule has 26 heavy (non-hydrogen) atoms. The fourth-order valence-corrected chi connectivity index (χ4v) is 3.34. The monoisotopic (exact) mass is 381 g/mol. The predicted molar refractivity (Wildman–Crippen MR) is 95.0 cm³/mol. The number of amides is 1. The summed E-state index contributed by atoms with van der Waals surface area (Å²) in [5, 5.41) is 2.46. The maximum atomic E-state index is 14.0. The van der Waals surface area contributed by atoms with E-state index in [0.717, 1.165) is 22.5 Å². The molecule has 0 unspecified atom stereocenters. The molecule has 0 radical (unpaired) electrons. The van der Waals surface area contributed by atoms with Crippen LogP contribution in [0, 0.1) is 19.7 Å². The van der Waals surface area contributed by atoms with Crippen LogP contribution in [0.2, 0.25) is 0 Å². The summed E-state index contributed by atoms with van der Waals surface area (Å²) in [6.07, 6.45) is 0. The minimum atomic E-state index is -3.80. The van der Waals surface area contributed by atoms with Crippen molar-refractivity contribution in [3.05, 3.63) is 62.8 Å². The Bertz CT molecular complexity index is 1010. The summed E-state index contributed by atoms with van der Waals surface area (Å²) in [6, 6.07) is 4.76. The number of pyridine rings is 1. The van der Waals surface area contributed by atoms with Crippen LogP contribution in [0.4, 0.5) is 4.39 Å². The van der Waals surface area contributed by atoms with Crippen molar-refractivity contribution >= 4 is 15.9 Å². The van der Waals surface area contributed by atoms with Crippen LogP contribution in [0.5, 0.6) is 0 Å². The van der Waals surface area contributed by atoms with Gasteiger partial charge < -0.3 is 10.3 Å². The molecule has 2 rings (SSSR count). The fourth-order valence-electron chi connectivity index (χ4n) is 2.41. The number of H-pyrrole nitrogens is 1. The first-order valence-corrected chi connectivity index (χ1v) is 9.17. The number of carbonyl (C=O) groups excluding carboxylic acids is 1. The zero-order chi connectivity index (χ0) is 19.6. The van der Waals surface area contributed by atoms with Gasteiger partial charge >= 0.3 is 0 Å². The van der Waals surface area contributed by atoms with Gasteiger partial charge in [0, 0.05) is 31.9 Å². The lowest BCUT2D eigenvalue weighted by atomic mass is 10.1. The number of aromatic nitrogens is 1. The average molecular weight is 381 g/mol. The molecule has 1 heterocycles. The third-order valence-electron chi connectivity index (χ3n) is 3.88. The smallest absolute Gasteiger partial charge is 0.254 e. The van der Waals surface area contributed by atoms with Gasteiger partial charge in [0.1, 0.15) is 5.82 Å². The van der Waals surface area contributed by atoms with Crippen LogP contribution >= 0.6 is 0 Å². The maximum Gasteiger partial charge on any atom is 0.254 e. The molecule has 0 fully saturated rings. The molecule has 0 bridgehead atoms. The van der Waals surface area contributed by atoms with E-state index in [4.69, 9.17) is 0 Å². The first-order valence-electron chi connectivity index (χ1n) is 7.73. The Morgan fingerprint density at radius 1 is 1.23 bits per heavy atom. The summed E-state index contributed by atoms with van der Waals surface area (Å²) in [5.41, 5.74) is 0.980. The Hall–Kier alpha value is -2.52. The van der Waals surface area contributed by atoms with Crippen molar-refractivity contribution in [2.45, 2.75) is 25.3 Å². The Morgan fingerprint density at radius 3 is 2.46 bits per heavy atom. The van der Waals surface area contributed by atoms with E-state index in [-0.39, 0.29) is 17.0 Å². The topological polar surface area (TPSA) is 99.3 Å². The lowest BCUT2D eigenvalue weighted by Crippen LogP contribution is -2.29. The van der Waals surface area contributed by atoms with Gasteiger partial charge in [0.25, 0.3) is 11.5 Å². The van der Waals surface area contributed by atoms with Gasteiger partial charge in [-0.2, -0.15) is 0 Å². The first-order chi connectivity index (χ1) is 12.0. The molecule has 0 aliphatic carbocycles. The average Bonchev–Trinajstić information content (AvgIpc) is 2.53. The van der Waals surface area contributed by atoms with Crippen LogP contribution in [0.1, 0.15) is 27.2 Å². The number of nitrogens with one attached hydrogen (secondary N) is 2. The van der Waals surface area contributed by atoms with Crippen LogP contribution in [-0.4, -0.2) is 37.7 Å². The molecule has 0 atom stereocenters. The number of aryl methyl sites for hydroxylation is 2. The van der Waals surface area contributed by atoms with Gasteiger partial charge in [-0.1, -0.05) is 0 Å². The van der Waals surface area contributed by atoms with E-state index in [1.54, 1.807) is 19.9 Å². The number of sulfonamides is 1. The molecule has 2 N–H and O–H groups in total. The molecule has 1 amide bonds. The van der Waals surface area contributed by atoms with Crippen LogP contribution < -0.4 is 10.9 Å². The van der Waals surface area contributed by atoms with Gasteiger partial charge in [0.05, 0.1) is 10.5 Å². The van der Waals surface area contributed by atoms with Gasteiger partial charge in [-0.15, -0.1) is 0 Å². The summed E-state index contributed by atoms with van der Waals surface area (Å²) in [4.78, 5) is 26.7. The normalized spacial score (nSPS) is 11.6. The molecule has 1 aromatic carbocycles. The van der Waals surface area contributed by atoms with Crippen LogP contribution in [0.15, 0.2) is 34.0 Å². The van der Waals surface area contributed by atoms with Gasteiger partial charge in [0.2, 0.25) is 10.0 Å². The largest absolute Gasteiger partial charge is 0.348 e. The van der Waals surface area contributed by atoms with E-state index >= 15 is 0 Å². The summed E-state index contributed by atoms with van der Waals surface area (Å²) in [5.74, 6) is -1.66. The second-order valence-corrected chi connectivity index (χ2v) is 8.21. The highest BCUT2D eigenvalue weighted by atomic mass is 32.2. The van der Waals surface area contributed by atoms with Crippen LogP contribution in [0.3, 0.4) is 0 Å². The third kappa shape index (κ3) is 4.00. The highest BCUT2D eigenvalue weighted by Gasteiger charge is 2.21. The van der Waals surface area contributed by atoms with Crippen molar-refractivity contribution in [2.75, 3.05) is 14.1 Å². The number of carbonyl (C=O) groups is 1. The Labute approximate surface area is 150 Å². The number of hydrogen-bond acceptors (Lipinski definition) is 4. The lowest BCUT2D eigenvalue weighted by Gasteiger charge is -2.13. The molecule has 2 aromatic rings. The zero-order valence-corrected chi connectivity index (χ0v) is 15.7. The molecule has 0 aliphatic heterocycles. The van der Waals surface area contributed by atoms with E-state index in [1.807, 2.05) is 0 Å². The van der Waals surface area contributed by atoms with E-state index in [2.05, 4.69) is 10.3 Å². The zero-order valence-electron chi connectivity index (χ0n) is 14.9. The summed E-state index contributed by atoms with van der Waals surface area (Å²) >= 11 is 0. The second kappa shape index (κ2) is 7.38. The highest BCUT2D eigenvalue weighted by Crippen LogP contribution is 2.18. The van der Waals surface area contributed by atoms with E-state index in [0.29, 0.717) is 16.8 Å². The molecule has 7 nitrogen and oxygen atoms in total. The van der Waals surface area contributed by atoms with Gasteiger partial charge in [-0.3, -0.25) is 9.59 Å². The van der Waals surface area contributed by atoms with Crippen LogP contribution in [0.25, 0.3) is 0 Å². The minimum absolute atomic E-state index is 0.107. The standard InChI is InChI=1S/C17H20FN3O4S/c1-10-7-11(2)20-17(23)14(10)9-19-16(22)13-8-12(5-6-15(13)18)26(24,25)21(3)4/h5-8H,9H2,1-4H3,(H,19,22)(H,20,23). The summed E-state index contributed by atoms with van der Waals surface area (Å²) in [6.45, 7) is 3.36. The molecule has 1 aromatic heterocycles. The molecule has 140 valence electrons. The first kappa shape index (κ1) is 19.8. The van der Waals surface area contributed by atoms with E-state index in [1.165, 1.54) is 14.1 Å². The third-order valence-corrected chi connectivity index (χ3v) is 5.69. The number of aromatic amines is 1. The van der Waals surface area contributed by atoms with Gasteiger partial charge in [0.15, 0.2) is 0 Å². The predicted octanol–water partition coefficient (Wildman–Crippen LogP) is 1.31. The highest BCUT2D eigenvalue weighted by molar-refractivity contribution is 7.89. The second-order valence-electron chi connectivity index (χ2n) is 6.05. The van der Waals surface area contributed by atoms with E-state index < -0.39 is 27.3 Å². The number of nitrogens with zero attached hydrogens (tertiary/aromatic N) is 1. The molecular formula is C17H20FN3O4S. The molecule has 0 saturated heterocycles. The Kier molecular flexibility index (Phi) is 5.62.